The maximum atomic E-state index is 3.60. The van der Waals surface area contributed by atoms with E-state index >= 15 is 0 Å². The molecule has 0 radical (unpaired) electrons. The van der Waals surface area contributed by atoms with Gasteiger partial charge in [0.05, 0.1) is 0 Å². The molecule has 84 valence electrons. The highest BCUT2D eigenvalue weighted by Crippen LogP contribution is 2.33. The van der Waals surface area contributed by atoms with Crippen molar-refractivity contribution in [3.8, 4) is 0 Å². The highest BCUT2D eigenvalue weighted by Gasteiger charge is 2.23. The van der Waals surface area contributed by atoms with Gasteiger partial charge in [-0.3, -0.25) is 0 Å². The highest BCUT2D eigenvalue weighted by atomic mass is 14.9. The number of nitrogens with one attached hydrogen (secondary N) is 1. The van der Waals surface area contributed by atoms with E-state index in [4.69, 9.17) is 0 Å². The number of hydrogen-bond acceptors (Lipinski definition) is 1. The van der Waals surface area contributed by atoms with Gasteiger partial charge in [-0.2, -0.15) is 0 Å². The van der Waals surface area contributed by atoms with Crippen molar-refractivity contribution < 1.29 is 0 Å². The molecule has 0 bridgehead atoms. The molecule has 0 heterocycles. The minimum atomic E-state index is 0.967. The van der Waals surface area contributed by atoms with E-state index < -0.39 is 0 Å². The van der Waals surface area contributed by atoms with Crippen LogP contribution in [0, 0.1) is 11.8 Å². The summed E-state index contributed by atoms with van der Waals surface area (Å²) in [7, 11) is 0. The van der Waals surface area contributed by atoms with Crippen LogP contribution in [0.2, 0.25) is 0 Å². The van der Waals surface area contributed by atoms with Crippen molar-refractivity contribution in [3.05, 3.63) is 0 Å². The van der Waals surface area contributed by atoms with Crippen molar-refractivity contribution in [2.75, 3.05) is 13.1 Å². The maximum Gasteiger partial charge on any atom is -0.00179 e. The molecule has 1 atom stereocenters. The van der Waals surface area contributed by atoms with Gasteiger partial charge in [-0.05, 0) is 37.8 Å². The quantitative estimate of drug-likeness (QED) is 0.615. The fraction of sp³-hybridized carbons (Fsp3) is 1.00. The first-order valence-electron chi connectivity index (χ1n) is 6.59. The first-order valence-corrected chi connectivity index (χ1v) is 6.59. The van der Waals surface area contributed by atoms with Gasteiger partial charge < -0.3 is 5.32 Å². The van der Waals surface area contributed by atoms with Crippen LogP contribution < -0.4 is 5.32 Å². The van der Waals surface area contributed by atoms with Gasteiger partial charge in [-0.15, -0.1) is 0 Å². The molecule has 0 aromatic rings. The summed E-state index contributed by atoms with van der Waals surface area (Å²) < 4.78 is 0. The molecule has 0 aromatic carbocycles. The van der Waals surface area contributed by atoms with E-state index in [1.54, 1.807) is 0 Å². The van der Waals surface area contributed by atoms with E-state index in [1.165, 1.54) is 58.0 Å². The van der Waals surface area contributed by atoms with Crippen LogP contribution in [0.5, 0.6) is 0 Å². The van der Waals surface area contributed by atoms with Gasteiger partial charge >= 0.3 is 0 Å². The van der Waals surface area contributed by atoms with Crippen LogP contribution in [-0.4, -0.2) is 13.1 Å². The molecule has 0 aromatic heterocycles. The van der Waals surface area contributed by atoms with Crippen molar-refractivity contribution in [1.29, 1.82) is 0 Å². The Bertz CT molecular complexity index is 127. The van der Waals surface area contributed by atoms with Crippen LogP contribution in [0.1, 0.15) is 58.8 Å². The lowest BCUT2D eigenvalue weighted by atomic mass is 9.87. The van der Waals surface area contributed by atoms with Crippen LogP contribution in [0.25, 0.3) is 0 Å². The first-order chi connectivity index (χ1) is 6.88. The average molecular weight is 197 g/mol. The number of rotatable bonds is 7. The Morgan fingerprint density at radius 3 is 2.43 bits per heavy atom. The largest absolute Gasteiger partial charge is 0.316 e. The van der Waals surface area contributed by atoms with Gasteiger partial charge in [0.15, 0.2) is 0 Å². The summed E-state index contributed by atoms with van der Waals surface area (Å²) in [4.78, 5) is 0. The topological polar surface area (TPSA) is 12.0 Å². The SMILES string of the molecule is CCCNCC(CCC)C1CCCC1. The minimum Gasteiger partial charge on any atom is -0.316 e. The Kier molecular flexibility index (Phi) is 6.25. The average Bonchev–Trinajstić information content (AvgIpc) is 2.70. The van der Waals surface area contributed by atoms with Gasteiger partial charge in [-0.1, -0.05) is 46.0 Å². The van der Waals surface area contributed by atoms with Gasteiger partial charge in [0.25, 0.3) is 0 Å². The third-order valence-corrected chi connectivity index (χ3v) is 3.56. The fourth-order valence-corrected chi connectivity index (χ4v) is 2.77. The Hall–Kier alpha value is -0.0400. The molecule has 14 heavy (non-hydrogen) atoms. The predicted octanol–water partition coefficient (Wildman–Crippen LogP) is 3.59. The lowest BCUT2D eigenvalue weighted by molar-refractivity contribution is 0.302. The monoisotopic (exact) mass is 197 g/mol. The molecule has 1 N–H and O–H groups in total. The molecule has 1 nitrogen and oxygen atoms in total. The molecule has 0 amide bonds. The third kappa shape index (κ3) is 4.00. The van der Waals surface area contributed by atoms with Crippen LogP contribution in [0.15, 0.2) is 0 Å². The standard InChI is InChI=1S/C13H27N/c1-3-7-13(11-14-10-4-2)12-8-5-6-9-12/h12-14H,3-11H2,1-2H3. The molecule has 0 aliphatic heterocycles. The minimum absolute atomic E-state index is 0.967. The van der Waals surface area contributed by atoms with E-state index in [0.29, 0.717) is 0 Å². The molecule has 1 rings (SSSR count). The molecule has 0 spiro atoms. The molecule has 1 aliphatic carbocycles. The lowest BCUT2D eigenvalue weighted by Crippen LogP contribution is -2.27. The summed E-state index contributed by atoms with van der Waals surface area (Å²) in [6, 6.07) is 0. The van der Waals surface area contributed by atoms with E-state index in [1.807, 2.05) is 0 Å². The Morgan fingerprint density at radius 1 is 1.14 bits per heavy atom. The van der Waals surface area contributed by atoms with Crippen molar-refractivity contribution in [2.24, 2.45) is 11.8 Å². The Morgan fingerprint density at radius 2 is 1.86 bits per heavy atom. The zero-order chi connectivity index (χ0) is 10.2. The van der Waals surface area contributed by atoms with Crippen molar-refractivity contribution in [3.63, 3.8) is 0 Å². The second-order valence-corrected chi connectivity index (χ2v) is 4.80. The van der Waals surface area contributed by atoms with Gasteiger partial charge in [0.1, 0.15) is 0 Å². The zero-order valence-electron chi connectivity index (χ0n) is 10.0. The van der Waals surface area contributed by atoms with Crippen LogP contribution in [0.3, 0.4) is 0 Å². The number of hydrogen-bond donors (Lipinski definition) is 1. The van der Waals surface area contributed by atoms with E-state index in [0.717, 1.165) is 11.8 Å². The summed E-state index contributed by atoms with van der Waals surface area (Å²) in [6.45, 7) is 7.04. The van der Waals surface area contributed by atoms with E-state index in [-0.39, 0.29) is 0 Å². The van der Waals surface area contributed by atoms with Crippen molar-refractivity contribution in [1.82, 2.24) is 5.32 Å². The molecule has 1 saturated carbocycles. The molecular formula is C13H27N. The zero-order valence-corrected chi connectivity index (χ0v) is 10.0. The smallest absolute Gasteiger partial charge is 0.00179 e. The van der Waals surface area contributed by atoms with E-state index in [9.17, 15) is 0 Å². The first kappa shape index (κ1) is 12.0. The summed E-state index contributed by atoms with van der Waals surface area (Å²) in [5, 5.41) is 3.60. The van der Waals surface area contributed by atoms with E-state index in [2.05, 4.69) is 19.2 Å². The van der Waals surface area contributed by atoms with Crippen LogP contribution >= 0.6 is 0 Å². The Balaban J connectivity index is 2.22. The fourth-order valence-electron chi connectivity index (χ4n) is 2.77. The normalized spacial score (nSPS) is 20.1. The second-order valence-electron chi connectivity index (χ2n) is 4.80. The molecular weight excluding hydrogens is 170 g/mol. The summed E-state index contributed by atoms with van der Waals surface area (Å²) >= 11 is 0. The summed E-state index contributed by atoms with van der Waals surface area (Å²) in [5.74, 6) is 2.01. The van der Waals surface area contributed by atoms with Crippen LogP contribution in [-0.2, 0) is 0 Å². The van der Waals surface area contributed by atoms with Gasteiger partial charge in [-0.25, -0.2) is 0 Å². The second kappa shape index (κ2) is 7.28. The van der Waals surface area contributed by atoms with Crippen LogP contribution in [0.4, 0.5) is 0 Å². The molecule has 1 unspecified atom stereocenters. The summed E-state index contributed by atoms with van der Waals surface area (Å²) in [6.07, 6.45) is 10.0. The molecule has 1 aliphatic rings. The van der Waals surface area contributed by atoms with Crippen molar-refractivity contribution >= 4 is 0 Å². The molecule has 1 heteroatoms. The highest BCUT2D eigenvalue weighted by molar-refractivity contribution is 4.76. The third-order valence-electron chi connectivity index (χ3n) is 3.56. The predicted molar refractivity (Wildman–Crippen MR) is 63.5 cm³/mol. The maximum absolute atomic E-state index is 3.60. The molecule has 0 saturated heterocycles. The van der Waals surface area contributed by atoms with Gasteiger partial charge in [0, 0.05) is 0 Å². The lowest BCUT2D eigenvalue weighted by Gasteiger charge is -2.23. The Labute approximate surface area is 89.7 Å². The molecule has 1 fully saturated rings. The van der Waals surface area contributed by atoms with Gasteiger partial charge in [0.2, 0.25) is 0 Å². The van der Waals surface area contributed by atoms with Crippen molar-refractivity contribution in [2.45, 2.75) is 58.8 Å². The summed E-state index contributed by atoms with van der Waals surface area (Å²) in [5.41, 5.74) is 0.